The fourth-order valence-electron chi connectivity index (χ4n) is 4.05. The molecule has 0 radical (unpaired) electrons. The molecular weight excluding hydrogens is 260 g/mol. The van der Waals surface area contributed by atoms with Crippen LogP contribution in [0.3, 0.4) is 0 Å². The van der Waals surface area contributed by atoms with Crippen LogP contribution in [0.5, 0.6) is 5.75 Å². The van der Waals surface area contributed by atoms with E-state index in [4.69, 9.17) is 10.5 Å². The van der Waals surface area contributed by atoms with Crippen LogP contribution in [0, 0.1) is 11.8 Å². The zero-order valence-electron chi connectivity index (χ0n) is 13.1. The molecule has 116 valence electrons. The van der Waals surface area contributed by atoms with Crippen LogP contribution in [0.2, 0.25) is 0 Å². The van der Waals surface area contributed by atoms with Gasteiger partial charge in [-0.25, -0.2) is 0 Å². The number of nitrogens with two attached hydrogens (primary N) is 1. The van der Waals surface area contributed by atoms with E-state index in [1.807, 2.05) is 6.07 Å². The molecule has 3 nitrogen and oxygen atoms in total. The maximum absolute atomic E-state index is 6.10. The first kappa shape index (κ1) is 14.9. The number of nitrogens with zero attached hydrogens (tertiary/aromatic N) is 1. The Kier molecular flexibility index (Phi) is 4.81. The smallest absolute Gasteiger partial charge is 0.119 e. The van der Waals surface area contributed by atoms with Crippen molar-refractivity contribution in [3.05, 3.63) is 29.8 Å². The third kappa shape index (κ3) is 3.24. The molecular formula is C18H28N2O. The molecule has 0 spiro atoms. The molecule has 3 atom stereocenters. The van der Waals surface area contributed by atoms with E-state index in [-0.39, 0.29) is 0 Å². The number of hydrogen-bond donors (Lipinski definition) is 1. The summed E-state index contributed by atoms with van der Waals surface area (Å²) in [6.07, 6.45) is 5.30. The average molecular weight is 288 g/mol. The van der Waals surface area contributed by atoms with Crippen LogP contribution in [-0.2, 0) is 0 Å². The minimum Gasteiger partial charge on any atom is -0.494 e. The quantitative estimate of drug-likeness (QED) is 0.873. The van der Waals surface area contributed by atoms with Crippen LogP contribution in [-0.4, -0.2) is 31.1 Å². The molecule has 1 heterocycles. The molecule has 1 aliphatic carbocycles. The lowest BCUT2D eigenvalue weighted by Gasteiger charge is -2.28. The predicted octanol–water partition coefficient (Wildman–Crippen LogP) is 3.21. The third-order valence-electron chi connectivity index (χ3n) is 5.13. The molecule has 21 heavy (non-hydrogen) atoms. The van der Waals surface area contributed by atoms with Crippen molar-refractivity contribution in [1.29, 1.82) is 0 Å². The normalized spacial score (nSPS) is 26.8. The molecule has 1 aliphatic heterocycles. The Morgan fingerprint density at radius 2 is 2.05 bits per heavy atom. The highest BCUT2D eigenvalue weighted by Gasteiger charge is 2.38. The second-order valence-corrected chi connectivity index (χ2v) is 6.58. The lowest BCUT2D eigenvalue weighted by atomic mass is 10.0. The summed E-state index contributed by atoms with van der Waals surface area (Å²) in [5.41, 5.74) is 7.41. The van der Waals surface area contributed by atoms with E-state index in [2.05, 4.69) is 30.0 Å². The molecule has 3 heteroatoms. The van der Waals surface area contributed by atoms with Gasteiger partial charge in [0.1, 0.15) is 5.75 Å². The Hall–Kier alpha value is -1.06. The van der Waals surface area contributed by atoms with Crippen LogP contribution in [0.1, 0.15) is 44.2 Å². The first-order valence-corrected chi connectivity index (χ1v) is 8.48. The van der Waals surface area contributed by atoms with Gasteiger partial charge in [-0.1, -0.05) is 25.5 Å². The average Bonchev–Trinajstić information content (AvgIpc) is 3.08. The fraction of sp³-hybridized carbons (Fsp3) is 0.667. The van der Waals surface area contributed by atoms with Crippen molar-refractivity contribution in [2.75, 3.05) is 26.2 Å². The molecule has 0 bridgehead atoms. The molecule has 1 saturated heterocycles. The first-order chi connectivity index (χ1) is 10.3. The van der Waals surface area contributed by atoms with E-state index in [0.29, 0.717) is 12.6 Å². The van der Waals surface area contributed by atoms with Gasteiger partial charge in [0.2, 0.25) is 0 Å². The molecule has 0 amide bonds. The van der Waals surface area contributed by atoms with E-state index in [1.165, 1.54) is 37.9 Å². The molecule has 2 fully saturated rings. The van der Waals surface area contributed by atoms with Crippen molar-refractivity contribution in [3.8, 4) is 5.75 Å². The highest BCUT2D eigenvalue weighted by atomic mass is 16.5. The van der Waals surface area contributed by atoms with Crippen molar-refractivity contribution in [1.82, 2.24) is 4.90 Å². The summed E-state index contributed by atoms with van der Waals surface area (Å²) >= 11 is 0. The van der Waals surface area contributed by atoms with Gasteiger partial charge >= 0.3 is 0 Å². The standard InChI is InChI=1S/C18H28N2O/c1-2-9-21-17-8-4-5-14(10-17)18(11-19)20-12-15-6-3-7-16(15)13-20/h4-5,8,10,15-16,18H,2-3,6-7,9,11-13,19H2,1H3. The van der Waals surface area contributed by atoms with Crippen molar-refractivity contribution in [3.63, 3.8) is 0 Å². The minimum atomic E-state index is 0.348. The second-order valence-electron chi connectivity index (χ2n) is 6.58. The van der Waals surface area contributed by atoms with Crippen LogP contribution in [0.15, 0.2) is 24.3 Å². The first-order valence-electron chi connectivity index (χ1n) is 8.48. The lowest BCUT2D eigenvalue weighted by molar-refractivity contribution is 0.231. The number of benzene rings is 1. The van der Waals surface area contributed by atoms with Crippen molar-refractivity contribution < 1.29 is 4.74 Å². The molecule has 1 aromatic rings. The number of fused-ring (bicyclic) bond motifs is 1. The molecule has 2 N–H and O–H groups in total. The second kappa shape index (κ2) is 6.80. The molecule has 2 aliphatic rings. The Morgan fingerprint density at radius 3 is 2.71 bits per heavy atom. The number of hydrogen-bond acceptors (Lipinski definition) is 3. The Balaban J connectivity index is 1.71. The van der Waals surface area contributed by atoms with Gasteiger partial charge in [0.05, 0.1) is 6.61 Å². The van der Waals surface area contributed by atoms with Crippen LogP contribution in [0.4, 0.5) is 0 Å². The van der Waals surface area contributed by atoms with Gasteiger partial charge in [0, 0.05) is 25.7 Å². The van der Waals surface area contributed by atoms with Gasteiger partial charge in [-0.3, -0.25) is 4.90 Å². The zero-order chi connectivity index (χ0) is 14.7. The lowest BCUT2D eigenvalue weighted by Crippen LogP contribution is -2.32. The van der Waals surface area contributed by atoms with Crippen molar-refractivity contribution in [2.24, 2.45) is 17.6 Å². The summed E-state index contributed by atoms with van der Waals surface area (Å²) in [7, 11) is 0. The van der Waals surface area contributed by atoms with E-state index < -0.39 is 0 Å². The monoisotopic (exact) mass is 288 g/mol. The van der Waals surface area contributed by atoms with Gasteiger partial charge in [0.25, 0.3) is 0 Å². The molecule has 3 rings (SSSR count). The van der Waals surface area contributed by atoms with E-state index in [9.17, 15) is 0 Å². The van der Waals surface area contributed by atoms with Gasteiger partial charge in [-0.2, -0.15) is 0 Å². The summed E-state index contributed by atoms with van der Waals surface area (Å²) in [6.45, 7) is 6.07. The fourth-order valence-corrected chi connectivity index (χ4v) is 4.05. The van der Waals surface area contributed by atoms with Crippen molar-refractivity contribution >= 4 is 0 Å². The van der Waals surface area contributed by atoms with Crippen molar-refractivity contribution in [2.45, 2.75) is 38.6 Å². The molecule has 0 aromatic heterocycles. The highest BCUT2D eigenvalue weighted by Crippen LogP contribution is 2.40. The Morgan fingerprint density at radius 1 is 1.29 bits per heavy atom. The summed E-state index contributed by atoms with van der Waals surface area (Å²) in [6, 6.07) is 8.87. The summed E-state index contributed by atoms with van der Waals surface area (Å²) in [4.78, 5) is 2.60. The molecule has 1 aromatic carbocycles. The third-order valence-corrected chi connectivity index (χ3v) is 5.13. The summed E-state index contributed by atoms with van der Waals surface area (Å²) in [5.74, 6) is 2.81. The largest absolute Gasteiger partial charge is 0.494 e. The predicted molar refractivity (Wildman–Crippen MR) is 86.4 cm³/mol. The maximum Gasteiger partial charge on any atom is 0.119 e. The zero-order valence-corrected chi connectivity index (χ0v) is 13.1. The maximum atomic E-state index is 6.10. The molecule has 1 saturated carbocycles. The highest BCUT2D eigenvalue weighted by molar-refractivity contribution is 5.31. The number of likely N-dealkylation sites (tertiary alicyclic amines) is 1. The van der Waals surface area contributed by atoms with Crippen LogP contribution in [0.25, 0.3) is 0 Å². The van der Waals surface area contributed by atoms with Gasteiger partial charge in [-0.05, 0) is 48.8 Å². The molecule has 3 unspecified atom stereocenters. The summed E-state index contributed by atoms with van der Waals surface area (Å²) in [5, 5.41) is 0. The topological polar surface area (TPSA) is 38.5 Å². The van der Waals surface area contributed by atoms with Crippen LogP contribution >= 0.6 is 0 Å². The summed E-state index contributed by atoms with van der Waals surface area (Å²) < 4.78 is 5.77. The van der Waals surface area contributed by atoms with E-state index in [1.54, 1.807) is 0 Å². The minimum absolute atomic E-state index is 0.348. The van der Waals surface area contributed by atoms with E-state index in [0.717, 1.165) is 30.6 Å². The Bertz CT molecular complexity index is 450. The van der Waals surface area contributed by atoms with Gasteiger partial charge in [0.15, 0.2) is 0 Å². The number of rotatable bonds is 6. The SMILES string of the molecule is CCCOc1cccc(C(CN)N2CC3CCCC3C2)c1. The number of ether oxygens (including phenoxy) is 1. The van der Waals surface area contributed by atoms with Gasteiger partial charge < -0.3 is 10.5 Å². The van der Waals surface area contributed by atoms with Gasteiger partial charge in [-0.15, -0.1) is 0 Å². The van der Waals surface area contributed by atoms with Crippen LogP contribution < -0.4 is 10.5 Å². The Labute approximate surface area is 128 Å². The van der Waals surface area contributed by atoms with E-state index >= 15 is 0 Å².